The van der Waals surface area contributed by atoms with Gasteiger partial charge in [-0.15, -0.1) is 0 Å². The first-order valence-electron chi connectivity index (χ1n) is 6.22. The van der Waals surface area contributed by atoms with Crippen molar-refractivity contribution in [1.82, 2.24) is 0 Å². The molecule has 1 aromatic rings. The predicted molar refractivity (Wildman–Crippen MR) is 69.3 cm³/mol. The number of aliphatic hydroxyl groups excluding tert-OH is 1. The second-order valence-corrected chi connectivity index (χ2v) is 4.71. The fourth-order valence-electron chi connectivity index (χ4n) is 2.42. The van der Waals surface area contributed by atoms with E-state index in [4.69, 9.17) is 9.84 Å². The van der Waals surface area contributed by atoms with E-state index in [1.165, 1.54) is 12.1 Å². The first-order chi connectivity index (χ1) is 8.24. The van der Waals surface area contributed by atoms with Crippen LogP contribution in [0.2, 0.25) is 0 Å². The molecule has 0 saturated carbocycles. The number of aryl methyl sites for hydroxylation is 1. The number of methoxy groups -OCH3 is 1. The lowest BCUT2D eigenvalue weighted by atomic mass is 10.0. The Bertz CT molecular complexity index is 378. The third kappa shape index (κ3) is 2.79. The molecule has 3 heteroatoms. The molecule has 0 aromatic heterocycles. The summed E-state index contributed by atoms with van der Waals surface area (Å²) < 4.78 is 5.44. The van der Waals surface area contributed by atoms with Crippen molar-refractivity contribution in [3.63, 3.8) is 0 Å². The summed E-state index contributed by atoms with van der Waals surface area (Å²) in [4.78, 5) is 2.37. The number of hydrogen-bond acceptors (Lipinski definition) is 3. The standard InChI is InChI=1S/C14H21NO2/c1-11-8-13(6-5-12(11)10-16)15-7-3-4-14(9-15)17-2/h5-6,8,14,16H,3-4,7,9-10H2,1-2H3. The van der Waals surface area contributed by atoms with Gasteiger partial charge in [0.1, 0.15) is 0 Å². The fraction of sp³-hybridized carbons (Fsp3) is 0.571. The highest BCUT2D eigenvalue weighted by molar-refractivity contribution is 5.51. The molecule has 0 bridgehead atoms. The first kappa shape index (κ1) is 12.4. The molecule has 0 radical (unpaired) electrons. The summed E-state index contributed by atoms with van der Waals surface area (Å²) in [5.41, 5.74) is 3.40. The van der Waals surface area contributed by atoms with Crippen LogP contribution < -0.4 is 4.90 Å². The van der Waals surface area contributed by atoms with Crippen molar-refractivity contribution in [3.8, 4) is 0 Å². The van der Waals surface area contributed by atoms with Crippen molar-refractivity contribution in [1.29, 1.82) is 0 Å². The Balaban J connectivity index is 2.13. The average Bonchev–Trinajstić information content (AvgIpc) is 2.38. The van der Waals surface area contributed by atoms with Gasteiger partial charge in [0.2, 0.25) is 0 Å². The number of hydrogen-bond donors (Lipinski definition) is 1. The van der Waals surface area contributed by atoms with Crippen molar-refractivity contribution in [3.05, 3.63) is 29.3 Å². The molecule has 17 heavy (non-hydrogen) atoms. The van der Waals surface area contributed by atoms with E-state index in [9.17, 15) is 0 Å². The zero-order valence-electron chi connectivity index (χ0n) is 10.6. The number of benzene rings is 1. The molecule has 3 nitrogen and oxygen atoms in total. The second-order valence-electron chi connectivity index (χ2n) is 4.71. The van der Waals surface area contributed by atoms with Gasteiger partial charge in [0.05, 0.1) is 12.7 Å². The minimum absolute atomic E-state index is 0.118. The lowest BCUT2D eigenvalue weighted by molar-refractivity contribution is 0.0893. The number of ether oxygens (including phenoxy) is 1. The number of nitrogens with zero attached hydrogens (tertiary/aromatic N) is 1. The maximum Gasteiger partial charge on any atom is 0.0746 e. The van der Waals surface area contributed by atoms with Crippen LogP contribution in [0.15, 0.2) is 18.2 Å². The Morgan fingerprint density at radius 3 is 2.94 bits per heavy atom. The molecule has 1 aliphatic heterocycles. The maximum atomic E-state index is 9.17. The first-order valence-corrected chi connectivity index (χ1v) is 6.22. The van der Waals surface area contributed by atoms with Crippen LogP contribution in [-0.2, 0) is 11.3 Å². The topological polar surface area (TPSA) is 32.7 Å². The molecule has 2 rings (SSSR count). The van der Waals surface area contributed by atoms with Crippen molar-refractivity contribution >= 4 is 5.69 Å². The van der Waals surface area contributed by atoms with Crippen LogP contribution in [0.4, 0.5) is 5.69 Å². The Labute approximate surface area is 103 Å². The van der Waals surface area contributed by atoms with E-state index >= 15 is 0 Å². The molecule has 1 unspecified atom stereocenters. The predicted octanol–water partition coefficient (Wildman–Crippen LogP) is 2.10. The Kier molecular flexibility index (Phi) is 4.02. The molecule has 1 heterocycles. The van der Waals surface area contributed by atoms with Gasteiger partial charge in [-0.1, -0.05) is 6.07 Å². The van der Waals surface area contributed by atoms with E-state index in [0.29, 0.717) is 6.10 Å². The molecule has 0 spiro atoms. The van der Waals surface area contributed by atoms with Crippen molar-refractivity contribution in [2.24, 2.45) is 0 Å². The highest BCUT2D eigenvalue weighted by Crippen LogP contribution is 2.23. The van der Waals surface area contributed by atoms with Crippen LogP contribution in [0.1, 0.15) is 24.0 Å². The molecule has 0 amide bonds. The van der Waals surface area contributed by atoms with Crippen molar-refractivity contribution in [2.75, 3.05) is 25.1 Å². The Morgan fingerprint density at radius 2 is 2.29 bits per heavy atom. The Morgan fingerprint density at radius 1 is 1.47 bits per heavy atom. The SMILES string of the molecule is COC1CCCN(c2ccc(CO)c(C)c2)C1. The third-order valence-electron chi connectivity index (χ3n) is 3.57. The molecular weight excluding hydrogens is 214 g/mol. The molecule has 1 saturated heterocycles. The molecule has 1 atom stereocenters. The van der Waals surface area contributed by atoms with Crippen LogP contribution in [0, 0.1) is 6.92 Å². The highest BCUT2D eigenvalue weighted by atomic mass is 16.5. The summed E-state index contributed by atoms with van der Waals surface area (Å²) in [7, 11) is 1.79. The minimum Gasteiger partial charge on any atom is -0.392 e. The van der Waals surface area contributed by atoms with Gasteiger partial charge in [-0.2, -0.15) is 0 Å². The smallest absolute Gasteiger partial charge is 0.0746 e. The second kappa shape index (κ2) is 5.52. The number of aliphatic hydroxyl groups is 1. The molecule has 1 aromatic carbocycles. The third-order valence-corrected chi connectivity index (χ3v) is 3.57. The van der Waals surface area contributed by atoms with Gasteiger partial charge < -0.3 is 14.7 Å². The van der Waals surface area contributed by atoms with Gasteiger partial charge in [-0.25, -0.2) is 0 Å². The lowest BCUT2D eigenvalue weighted by Crippen LogP contribution is -2.39. The lowest BCUT2D eigenvalue weighted by Gasteiger charge is -2.34. The number of rotatable bonds is 3. The fourth-order valence-corrected chi connectivity index (χ4v) is 2.42. The van der Waals surface area contributed by atoms with Gasteiger partial charge in [0, 0.05) is 25.9 Å². The van der Waals surface area contributed by atoms with Crippen LogP contribution in [0.3, 0.4) is 0 Å². The van der Waals surface area contributed by atoms with Gasteiger partial charge in [-0.3, -0.25) is 0 Å². The van der Waals surface area contributed by atoms with Gasteiger partial charge in [-0.05, 0) is 43.0 Å². The van der Waals surface area contributed by atoms with E-state index < -0.39 is 0 Å². The van der Waals surface area contributed by atoms with E-state index in [1.807, 2.05) is 13.0 Å². The molecule has 0 aliphatic carbocycles. The summed E-state index contributed by atoms with van der Waals surface area (Å²) in [6, 6.07) is 6.27. The van der Waals surface area contributed by atoms with E-state index in [0.717, 1.165) is 30.6 Å². The zero-order chi connectivity index (χ0) is 12.3. The Hall–Kier alpha value is -1.06. The largest absolute Gasteiger partial charge is 0.392 e. The molecule has 1 fully saturated rings. The minimum atomic E-state index is 0.118. The van der Waals surface area contributed by atoms with E-state index in [2.05, 4.69) is 17.0 Å². The quantitative estimate of drug-likeness (QED) is 0.871. The van der Waals surface area contributed by atoms with Crippen molar-refractivity contribution in [2.45, 2.75) is 32.5 Å². The number of piperidine rings is 1. The molecule has 1 N–H and O–H groups in total. The molecule has 1 aliphatic rings. The average molecular weight is 235 g/mol. The summed E-state index contributed by atoms with van der Waals surface area (Å²) in [5.74, 6) is 0. The normalized spacial score (nSPS) is 20.6. The summed E-state index contributed by atoms with van der Waals surface area (Å²) in [5, 5.41) is 9.17. The summed E-state index contributed by atoms with van der Waals surface area (Å²) in [6.45, 7) is 4.23. The monoisotopic (exact) mass is 235 g/mol. The van der Waals surface area contributed by atoms with Gasteiger partial charge >= 0.3 is 0 Å². The van der Waals surface area contributed by atoms with E-state index in [-0.39, 0.29) is 6.61 Å². The van der Waals surface area contributed by atoms with Crippen molar-refractivity contribution < 1.29 is 9.84 Å². The summed E-state index contributed by atoms with van der Waals surface area (Å²) >= 11 is 0. The zero-order valence-corrected chi connectivity index (χ0v) is 10.6. The van der Waals surface area contributed by atoms with Crippen LogP contribution in [0.25, 0.3) is 0 Å². The molecular formula is C14H21NO2. The maximum absolute atomic E-state index is 9.17. The highest BCUT2D eigenvalue weighted by Gasteiger charge is 2.19. The van der Waals surface area contributed by atoms with Gasteiger partial charge in [0.25, 0.3) is 0 Å². The van der Waals surface area contributed by atoms with Gasteiger partial charge in [0.15, 0.2) is 0 Å². The van der Waals surface area contributed by atoms with Crippen LogP contribution in [-0.4, -0.2) is 31.4 Å². The number of anilines is 1. The van der Waals surface area contributed by atoms with E-state index in [1.54, 1.807) is 7.11 Å². The molecule has 94 valence electrons. The van der Waals surface area contributed by atoms with Crippen LogP contribution >= 0.6 is 0 Å². The van der Waals surface area contributed by atoms with Crippen LogP contribution in [0.5, 0.6) is 0 Å². The summed E-state index contributed by atoms with van der Waals surface area (Å²) in [6.07, 6.45) is 2.68.